The lowest BCUT2D eigenvalue weighted by Gasteiger charge is -2.03. The highest BCUT2D eigenvalue weighted by Gasteiger charge is 2.16. The van der Waals surface area contributed by atoms with Gasteiger partial charge in [-0.05, 0) is 19.1 Å². The molecule has 2 aromatic heterocycles. The van der Waals surface area contributed by atoms with Crippen LogP contribution in [0.4, 0.5) is 5.82 Å². The average molecular weight is 275 g/mol. The molecule has 0 aliphatic carbocycles. The van der Waals surface area contributed by atoms with Gasteiger partial charge in [-0.3, -0.25) is 0 Å². The summed E-state index contributed by atoms with van der Waals surface area (Å²) in [5.41, 5.74) is 2.02. The molecule has 6 heteroatoms. The minimum absolute atomic E-state index is 0.459. The Balaban J connectivity index is 2.24. The first-order chi connectivity index (χ1) is 9.29. The molecule has 3 aromatic rings. The molecule has 1 aromatic carbocycles. The largest absolute Gasteiger partial charge is 0.370 e. The summed E-state index contributed by atoms with van der Waals surface area (Å²) in [7, 11) is 0. The van der Waals surface area contributed by atoms with Crippen LogP contribution in [0, 0.1) is 0 Å². The lowest BCUT2D eigenvalue weighted by molar-refractivity contribution is 0.451. The number of fused-ring (bicyclic) bond motifs is 1. The lowest BCUT2D eigenvalue weighted by Crippen LogP contribution is -2.00. The number of halogens is 1. The Kier molecular flexibility index (Phi) is 3.05. The van der Waals surface area contributed by atoms with E-state index in [1.54, 1.807) is 0 Å². The fourth-order valence-electron chi connectivity index (χ4n) is 1.92. The zero-order valence-electron chi connectivity index (χ0n) is 10.2. The predicted molar refractivity (Wildman–Crippen MR) is 74.2 cm³/mol. The van der Waals surface area contributed by atoms with Gasteiger partial charge in [0.25, 0.3) is 5.71 Å². The third-order valence-corrected chi connectivity index (χ3v) is 2.95. The lowest BCUT2D eigenvalue weighted by atomic mass is 10.1. The van der Waals surface area contributed by atoms with Crippen LogP contribution in [0.1, 0.15) is 6.92 Å². The minimum atomic E-state index is 0.459. The molecule has 1 N–H and O–H groups in total. The van der Waals surface area contributed by atoms with Gasteiger partial charge < -0.3 is 9.84 Å². The van der Waals surface area contributed by atoms with Gasteiger partial charge in [-0.1, -0.05) is 28.9 Å². The molecule has 0 aliphatic rings. The summed E-state index contributed by atoms with van der Waals surface area (Å²) in [4.78, 5) is 8.30. The minimum Gasteiger partial charge on any atom is -0.370 e. The third kappa shape index (κ3) is 2.13. The first kappa shape index (κ1) is 11.9. The van der Waals surface area contributed by atoms with Crippen LogP contribution in [0.15, 0.2) is 35.1 Å². The topological polar surface area (TPSA) is 63.8 Å². The molecule has 0 fully saturated rings. The van der Waals surface area contributed by atoms with Crippen LogP contribution in [0.2, 0.25) is 5.02 Å². The molecular formula is C13H11ClN4O. The van der Waals surface area contributed by atoms with Crippen molar-refractivity contribution in [1.82, 2.24) is 15.1 Å². The zero-order valence-corrected chi connectivity index (χ0v) is 11.0. The second-order valence-electron chi connectivity index (χ2n) is 3.97. The van der Waals surface area contributed by atoms with Crippen molar-refractivity contribution in [2.24, 2.45) is 0 Å². The van der Waals surface area contributed by atoms with Crippen LogP contribution in [0.3, 0.4) is 0 Å². The number of rotatable bonds is 3. The van der Waals surface area contributed by atoms with E-state index >= 15 is 0 Å². The monoisotopic (exact) mass is 274 g/mol. The molecule has 0 atom stereocenters. The van der Waals surface area contributed by atoms with E-state index in [2.05, 4.69) is 20.4 Å². The number of nitrogens with one attached hydrogen (secondary N) is 1. The van der Waals surface area contributed by atoms with E-state index in [1.807, 2.05) is 31.2 Å². The van der Waals surface area contributed by atoms with Crippen molar-refractivity contribution in [3.05, 3.63) is 35.6 Å². The first-order valence-corrected chi connectivity index (χ1v) is 6.27. The van der Waals surface area contributed by atoms with Crippen molar-refractivity contribution in [3.63, 3.8) is 0 Å². The molecule has 0 radical (unpaired) electrons. The molecule has 0 unspecified atom stereocenters. The second-order valence-corrected chi connectivity index (χ2v) is 4.41. The van der Waals surface area contributed by atoms with Crippen LogP contribution in [0.25, 0.3) is 22.4 Å². The maximum absolute atomic E-state index is 6.01. The van der Waals surface area contributed by atoms with Crippen molar-refractivity contribution >= 4 is 28.5 Å². The Hall–Kier alpha value is -2.14. The maximum atomic E-state index is 6.01. The molecule has 19 heavy (non-hydrogen) atoms. The van der Waals surface area contributed by atoms with Gasteiger partial charge in [-0.25, -0.2) is 4.98 Å². The number of benzene rings is 1. The van der Waals surface area contributed by atoms with Gasteiger partial charge in [-0.2, -0.15) is 4.98 Å². The third-order valence-electron chi connectivity index (χ3n) is 2.71. The van der Waals surface area contributed by atoms with Crippen LogP contribution in [-0.2, 0) is 0 Å². The normalized spacial score (nSPS) is 10.8. The van der Waals surface area contributed by atoms with Gasteiger partial charge in [-0.15, -0.1) is 0 Å². The number of anilines is 1. The van der Waals surface area contributed by atoms with E-state index in [9.17, 15) is 0 Å². The van der Waals surface area contributed by atoms with Gasteiger partial charge in [0.1, 0.15) is 23.2 Å². The summed E-state index contributed by atoms with van der Waals surface area (Å²) in [6, 6.07) is 7.44. The van der Waals surface area contributed by atoms with Crippen molar-refractivity contribution in [3.8, 4) is 11.3 Å². The van der Waals surface area contributed by atoms with Crippen molar-refractivity contribution in [2.45, 2.75) is 6.92 Å². The summed E-state index contributed by atoms with van der Waals surface area (Å²) in [6.07, 6.45) is 1.45. The second kappa shape index (κ2) is 4.85. The van der Waals surface area contributed by atoms with Crippen LogP contribution in [0.5, 0.6) is 0 Å². The molecule has 5 nitrogen and oxygen atoms in total. The summed E-state index contributed by atoms with van der Waals surface area (Å²) >= 11 is 6.01. The SMILES string of the molecule is CCNc1ncnc2onc(-c3cccc(Cl)c3)c12. The van der Waals surface area contributed by atoms with E-state index in [-0.39, 0.29) is 0 Å². The van der Waals surface area contributed by atoms with Crippen LogP contribution in [-0.4, -0.2) is 21.7 Å². The zero-order chi connectivity index (χ0) is 13.2. The number of nitrogens with zero attached hydrogens (tertiary/aromatic N) is 3. The van der Waals surface area contributed by atoms with Crippen molar-refractivity contribution in [1.29, 1.82) is 0 Å². The van der Waals surface area contributed by atoms with E-state index < -0.39 is 0 Å². The molecule has 0 bridgehead atoms. The fourth-order valence-corrected chi connectivity index (χ4v) is 2.11. The van der Waals surface area contributed by atoms with Crippen LogP contribution < -0.4 is 5.32 Å². The van der Waals surface area contributed by atoms with Gasteiger partial charge >= 0.3 is 0 Å². The van der Waals surface area contributed by atoms with Gasteiger partial charge in [0.15, 0.2) is 0 Å². The van der Waals surface area contributed by atoms with Gasteiger partial charge in [0.2, 0.25) is 0 Å². The molecule has 0 amide bonds. The van der Waals surface area contributed by atoms with Crippen molar-refractivity contribution < 1.29 is 4.52 Å². The highest BCUT2D eigenvalue weighted by Crippen LogP contribution is 2.32. The van der Waals surface area contributed by atoms with E-state index in [0.29, 0.717) is 22.2 Å². The van der Waals surface area contributed by atoms with E-state index in [1.165, 1.54) is 6.33 Å². The van der Waals surface area contributed by atoms with Crippen molar-refractivity contribution in [2.75, 3.05) is 11.9 Å². The van der Waals surface area contributed by atoms with Gasteiger partial charge in [0, 0.05) is 17.1 Å². The predicted octanol–water partition coefficient (Wildman–Crippen LogP) is 3.37. The Morgan fingerprint density at radius 3 is 3.00 bits per heavy atom. The molecule has 96 valence electrons. The molecule has 0 aliphatic heterocycles. The number of aromatic nitrogens is 3. The Bertz CT molecular complexity index is 725. The quantitative estimate of drug-likeness (QED) is 0.793. The summed E-state index contributed by atoms with van der Waals surface area (Å²) < 4.78 is 5.25. The van der Waals surface area contributed by atoms with Crippen LogP contribution >= 0.6 is 11.6 Å². The molecule has 0 saturated carbocycles. The smallest absolute Gasteiger partial charge is 0.263 e. The summed E-state index contributed by atoms with van der Waals surface area (Å²) in [6.45, 7) is 2.76. The highest BCUT2D eigenvalue weighted by atomic mass is 35.5. The fraction of sp³-hybridized carbons (Fsp3) is 0.154. The average Bonchev–Trinajstić information content (AvgIpc) is 2.84. The maximum Gasteiger partial charge on any atom is 0.263 e. The highest BCUT2D eigenvalue weighted by molar-refractivity contribution is 6.30. The molecule has 2 heterocycles. The van der Waals surface area contributed by atoms with Gasteiger partial charge in [0.05, 0.1) is 0 Å². The van der Waals surface area contributed by atoms with E-state index in [4.69, 9.17) is 16.1 Å². The Morgan fingerprint density at radius 2 is 2.21 bits per heavy atom. The molecule has 0 saturated heterocycles. The Labute approximate surface area is 114 Å². The summed E-state index contributed by atoms with van der Waals surface area (Å²) in [5.74, 6) is 0.712. The summed E-state index contributed by atoms with van der Waals surface area (Å²) in [5, 5.41) is 8.67. The standard InChI is InChI=1S/C13H11ClN4O/c1-2-15-12-10-11(8-4-3-5-9(14)6-8)18-19-13(10)17-7-16-12/h3-7H,2H2,1H3,(H,15,16,17). The first-order valence-electron chi connectivity index (χ1n) is 5.89. The molecule has 3 rings (SSSR count). The Morgan fingerprint density at radius 1 is 1.32 bits per heavy atom. The molecular weight excluding hydrogens is 264 g/mol. The number of hydrogen-bond donors (Lipinski definition) is 1. The van der Waals surface area contributed by atoms with E-state index in [0.717, 1.165) is 17.5 Å². The number of hydrogen-bond acceptors (Lipinski definition) is 5. The molecule has 0 spiro atoms.